The zero-order chi connectivity index (χ0) is 19.8. The molecule has 0 bridgehead atoms. The number of methoxy groups -OCH3 is 2. The van der Waals surface area contributed by atoms with E-state index in [2.05, 4.69) is 5.32 Å². The van der Waals surface area contributed by atoms with Crippen LogP contribution in [0, 0.1) is 10.1 Å². The third-order valence-electron chi connectivity index (χ3n) is 3.90. The van der Waals surface area contributed by atoms with E-state index in [1.54, 1.807) is 18.2 Å². The van der Waals surface area contributed by atoms with Crippen LogP contribution in [0.25, 0.3) is 0 Å². The third-order valence-corrected chi connectivity index (χ3v) is 3.90. The topological polar surface area (TPSA) is 113 Å². The van der Waals surface area contributed by atoms with Gasteiger partial charge in [0.25, 0.3) is 17.2 Å². The Morgan fingerprint density at radius 2 is 1.81 bits per heavy atom. The molecule has 1 N–H and O–H groups in total. The van der Waals surface area contributed by atoms with Crippen LogP contribution in [-0.2, 0) is 6.54 Å². The number of amides is 1. The number of hydrogen-bond acceptors (Lipinski definition) is 6. The predicted molar refractivity (Wildman–Crippen MR) is 98.5 cm³/mol. The highest BCUT2D eigenvalue weighted by molar-refractivity contribution is 5.95. The summed E-state index contributed by atoms with van der Waals surface area (Å²) in [7, 11) is 3.01. The monoisotopic (exact) mass is 375 g/mol. The van der Waals surface area contributed by atoms with Gasteiger partial charge >= 0.3 is 0 Å². The Bertz CT molecular complexity index is 855. The van der Waals surface area contributed by atoms with Gasteiger partial charge in [-0.3, -0.25) is 19.7 Å². The summed E-state index contributed by atoms with van der Waals surface area (Å²) in [6.45, 7) is 0.741. The van der Waals surface area contributed by atoms with E-state index in [4.69, 9.17) is 9.47 Å². The molecule has 1 aromatic carbocycles. The van der Waals surface area contributed by atoms with Crippen LogP contribution < -0.4 is 20.3 Å². The molecule has 0 aliphatic rings. The van der Waals surface area contributed by atoms with Gasteiger partial charge < -0.3 is 19.4 Å². The predicted octanol–water partition coefficient (Wildman–Crippen LogP) is 1.98. The zero-order valence-electron chi connectivity index (χ0n) is 15.1. The number of unbranched alkanes of at least 4 members (excludes halogenated alkanes) is 1. The zero-order valence-corrected chi connectivity index (χ0v) is 15.1. The fourth-order valence-corrected chi connectivity index (χ4v) is 2.45. The molecule has 2 aromatic rings. The van der Waals surface area contributed by atoms with Crippen LogP contribution in [0.5, 0.6) is 11.5 Å². The first kappa shape index (κ1) is 20.0. The first-order chi connectivity index (χ1) is 12.9. The number of carbonyl (C=O) groups excluding carboxylic acids is 1. The minimum Gasteiger partial charge on any atom is -0.497 e. The minimum atomic E-state index is -0.543. The summed E-state index contributed by atoms with van der Waals surface area (Å²) in [5.41, 5.74) is -0.0101. The number of hydrogen-bond donors (Lipinski definition) is 1. The van der Waals surface area contributed by atoms with Crippen molar-refractivity contribution in [1.82, 2.24) is 9.88 Å². The van der Waals surface area contributed by atoms with Crippen LogP contribution in [0.3, 0.4) is 0 Å². The molecule has 1 aromatic heterocycles. The van der Waals surface area contributed by atoms with Gasteiger partial charge in [0.2, 0.25) is 0 Å². The molecule has 1 amide bonds. The van der Waals surface area contributed by atoms with E-state index in [0.29, 0.717) is 43.0 Å². The van der Waals surface area contributed by atoms with E-state index < -0.39 is 4.92 Å². The van der Waals surface area contributed by atoms with Crippen molar-refractivity contribution in [3.05, 3.63) is 62.6 Å². The number of pyridine rings is 1. The van der Waals surface area contributed by atoms with Crippen LogP contribution in [0.2, 0.25) is 0 Å². The van der Waals surface area contributed by atoms with Crippen LogP contribution in [-0.4, -0.2) is 36.2 Å². The first-order valence-electron chi connectivity index (χ1n) is 8.30. The minimum absolute atomic E-state index is 0.130. The first-order valence-corrected chi connectivity index (χ1v) is 8.30. The Morgan fingerprint density at radius 1 is 1.15 bits per heavy atom. The molecule has 0 unspecified atom stereocenters. The van der Waals surface area contributed by atoms with Crippen molar-refractivity contribution >= 4 is 11.6 Å². The summed E-state index contributed by atoms with van der Waals surface area (Å²) in [5, 5.41) is 13.6. The van der Waals surface area contributed by atoms with Crippen molar-refractivity contribution in [3.63, 3.8) is 0 Å². The lowest BCUT2D eigenvalue weighted by Gasteiger charge is -2.09. The van der Waals surface area contributed by atoms with Crippen LogP contribution in [0.1, 0.15) is 23.2 Å². The maximum atomic E-state index is 12.2. The van der Waals surface area contributed by atoms with E-state index >= 15 is 0 Å². The fraction of sp³-hybridized carbons (Fsp3) is 0.333. The Hall–Kier alpha value is -3.36. The van der Waals surface area contributed by atoms with Gasteiger partial charge in [0.15, 0.2) is 0 Å². The van der Waals surface area contributed by atoms with E-state index in [9.17, 15) is 19.7 Å². The lowest BCUT2D eigenvalue weighted by molar-refractivity contribution is -0.385. The Labute approximate surface area is 155 Å². The molecule has 1 heterocycles. The molecular formula is C18H21N3O6. The average Bonchev–Trinajstić information content (AvgIpc) is 2.68. The normalized spacial score (nSPS) is 10.3. The Morgan fingerprint density at radius 3 is 2.41 bits per heavy atom. The van der Waals surface area contributed by atoms with Gasteiger partial charge in [0.1, 0.15) is 11.5 Å². The number of aryl methyl sites for hydroxylation is 1. The molecule has 0 spiro atoms. The lowest BCUT2D eigenvalue weighted by Crippen LogP contribution is -2.25. The number of aromatic nitrogens is 1. The fourth-order valence-electron chi connectivity index (χ4n) is 2.45. The molecule has 0 radical (unpaired) electrons. The van der Waals surface area contributed by atoms with Crippen molar-refractivity contribution in [2.24, 2.45) is 0 Å². The number of rotatable bonds is 9. The standard InChI is InChI=1S/C18H21N3O6/c1-26-15-9-13(10-16(11-15)27-2)18(23)19-7-3-4-8-20-12-14(21(24)25)5-6-17(20)22/h5-6,9-12H,3-4,7-8H2,1-2H3,(H,19,23). The molecular weight excluding hydrogens is 354 g/mol. The Balaban J connectivity index is 1.85. The molecule has 2 rings (SSSR count). The summed E-state index contributed by atoms with van der Waals surface area (Å²) in [6, 6.07) is 7.26. The quantitative estimate of drug-likeness (QED) is 0.407. The van der Waals surface area contributed by atoms with Crippen LogP contribution in [0.4, 0.5) is 5.69 Å². The average molecular weight is 375 g/mol. The largest absolute Gasteiger partial charge is 0.497 e. The second-order valence-electron chi connectivity index (χ2n) is 5.74. The summed E-state index contributed by atoms with van der Waals surface area (Å²) >= 11 is 0. The molecule has 0 aliphatic carbocycles. The number of nitro groups is 1. The summed E-state index contributed by atoms with van der Waals surface area (Å²) < 4.78 is 11.6. The molecule has 0 fully saturated rings. The van der Waals surface area contributed by atoms with Crippen LogP contribution in [0.15, 0.2) is 41.3 Å². The van der Waals surface area contributed by atoms with Gasteiger partial charge in [-0.1, -0.05) is 0 Å². The van der Waals surface area contributed by atoms with Crippen molar-refractivity contribution in [2.75, 3.05) is 20.8 Å². The van der Waals surface area contributed by atoms with Crippen molar-refractivity contribution in [3.8, 4) is 11.5 Å². The van der Waals surface area contributed by atoms with Crippen LogP contribution >= 0.6 is 0 Å². The third kappa shape index (κ3) is 5.56. The molecule has 0 atom stereocenters. The molecule has 0 saturated heterocycles. The Kier molecular flexibility index (Phi) is 6.93. The van der Waals surface area contributed by atoms with Gasteiger partial charge in [-0.15, -0.1) is 0 Å². The van der Waals surface area contributed by atoms with Gasteiger partial charge in [-0.05, 0) is 25.0 Å². The molecule has 9 nitrogen and oxygen atoms in total. The van der Waals surface area contributed by atoms with Gasteiger partial charge in [0, 0.05) is 36.9 Å². The van der Waals surface area contributed by atoms with E-state index in [-0.39, 0.29) is 17.2 Å². The second kappa shape index (κ2) is 9.37. The molecule has 144 valence electrons. The number of carbonyl (C=O) groups is 1. The SMILES string of the molecule is COc1cc(OC)cc(C(=O)NCCCCn2cc([N+](=O)[O-])ccc2=O)c1. The number of nitrogens with zero attached hydrogens (tertiary/aromatic N) is 2. The highest BCUT2D eigenvalue weighted by atomic mass is 16.6. The van der Waals surface area contributed by atoms with Gasteiger partial charge in [0.05, 0.1) is 25.3 Å². The number of benzene rings is 1. The molecule has 9 heteroatoms. The summed E-state index contributed by atoms with van der Waals surface area (Å²) in [4.78, 5) is 34.2. The molecule has 0 aliphatic heterocycles. The highest BCUT2D eigenvalue weighted by Gasteiger charge is 2.10. The maximum absolute atomic E-state index is 12.2. The van der Waals surface area contributed by atoms with E-state index in [1.807, 2.05) is 0 Å². The molecule has 0 saturated carbocycles. The van der Waals surface area contributed by atoms with E-state index in [0.717, 1.165) is 0 Å². The smallest absolute Gasteiger partial charge is 0.285 e. The van der Waals surface area contributed by atoms with Gasteiger partial charge in [-0.25, -0.2) is 0 Å². The second-order valence-corrected chi connectivity index (χ2v) is 5.74. The van der Waals surface area contributed by atoms with Crippen molar-refractivity contribution in [1.29, 1.82) is 0 Å². The number of nitrogens with one attached hydrogen (secondary N) is 1. The van der Waals surface area contributed by atoms with Gasteiger partial charge in [-0.2, -0.15) is 0 Å². The lowest BCUT2D eigenvalue weighted by atomic mass is 10.2. The van der Waals surface area contributed by atoms with Crippen molar-refractivity contribution < 1.29 is 19.2 Å². The highest BCUT2D eigenvalue weighted by Crippen LogP contribution is 2.22. The van der Waals surface area contributed by atoms with Crippen molar-refractivity contribution in [2.45, 2.75) is 19.4 Å². The number of ether oxygens (including phenoxy) is 2. The maximum Gasteiger partial charge on any atom is 0.285 e. The molecule has 27 heavy (non-hydrogen) atoms. The summed E-state index contributed by atoms with van der Waals surface area (Å²) in [5.74, 6) is 0.772. The summed E-state index contributed by atoms with van der Waals surface area (Å²) in [6.07, 6.45) is 2.42. The van der Waals surface area contributed by atoms with E-state index in [1.165, 1.54) is 37.1 Å².